The lowest BCUT2D eigenvalue weighted by Gasteiger charge is -2.57. The number of fused-ring (bicyclic) bond motifs is 5. The van der Waals surface area contributed by atoms with Crippen molar-refractivity contribution in [3.63, 3.8) is 0 Å². The van der Waals surface area contributed by atoms with E-state index in [0.717, 1.165) is 44.9 Å². The number of rotatable bonds is 1. The zero-order valence-electron chi connectivity index (χ0n) is 13.6. The Bertz CT molecular complexity index is 596. The fraction of sp³-hybridized carbons (Fsp3) is 0.789. The van der Waals surface area contributed by atoms with Crippen LogP contribution in [0.4, 0.5) is 0 Å². The summed E-state index contributed by atoms with van der Waals surface area (Å²) >= 11 is 7.44. The average molecular weight is 444 g/mol. The molecule has 4 aliphatic carbocycles. The molecule has 4 rings (SSSR count). The van der Waals surface area contributed by atoms with E-state index in [1.165, 1.54) is 5.57 Å². The second-order valence-electron chi connectivity index (χ2n) is 8.31. The van der Waals surface area contributed by atoms with Crippen LogP contribution in [-0.4, -0.2) is 15.3 Å². The smallest absolute Gasteiger partial charge is 0.155 e. The fourth-order valence-electron chi connectivity index (χ4n) is 6.46. The topological polar surface area (TPSA) is 34.1 Å². The van der Waals surface area contributed by atoms with Gasteiger partial charge in [-0.2, -0.15) is 0 Å². The maximum Gasteiger partial charge on any atom is 0.155 e. The van der Waals surface area contributed by atoms with Crippen molar-refractivity contribution in [2.45, 2.75) is 62.0 Å². The van der Waals surface area contributed by atoms with Crippen LogP contribution in [0.1, 0.15) is 58.3 Å². The predicted octanol–water partition coefficient (Wildman–Crippen LogP) is 5.18. The van der Waals surface area contributed by atoms with Gasteiger partial charge in [0.25, 0.3) is 0 Å². The Labute approximate surface area is 155 Å². The standard InChI is InChI=1S/C19H24Br2O2/c1-18-8-6-12(22)10-11(18)2-3-13-14(18)7-9-19(17(20)21)15(13)4-5-16(19)23/h10,13-15,17H,2-9H2,1H3/t13-,14+,15+,18+,19-/m1/s1. The van der Waals surface area contributed by atoms with Crippen LogP contribution in [0.15, 0.2) is 11.6 Å². The highest BCUT2D eigenvalue weighted by atomic mass is 79.9. The first kappa shape index (κ1) is 16.5. The van der Waals surface area contributed by atoms with Crippen LogP contribution in [-0.2, 0) is 9.59 Å². The summed E-state index contributed by atoms with van der Waals surface area (Å²) in [5.41, 5.74) is 1.41. The molecule has 0 bridgehead atoms. The monoisotopic (exact) mass is 442 g/mol. The number of hydrogen-bond acceptors (Lipinski definition) is 2. The second-order valence-corrected chi connectivity index (χ2v) is 11.4. The fourth-order valence-corrected chi connectivity index (χ4v) is 8.11. The summed E-state index contributed by atoms with van der Waals surface area (Å²) in [5, 5.41) is 0. The van der Waals surface area contributed by atoms with Crippen molar-refractivity contribution < 1.29 is 9.59 Å². The summed E-state index contributed by atoms with van der Waals surface area (Å²) in [5.74, 6) is 2.58. The first-order valence-corrected chi connectivity index (χ1v) is 10.8. The number of alkyl halides is 2. The Morgan fingerprint density at radius 3 is 2.57 bits per heavy atom. The number of halogens is 2. The van der Waals surface area contributed by atoms with E-state index in [4.69, 9.17) is 0 Å². The Balaban J connectivity index is 1.72. The molecule has 0 N–H and O–H groups in total. The van der Waals surface area contributed by atoms with E-state index in [2.05, 4.69) is 38.8 Å². The Morgan fingerprint density at radius 1 is 1.04 bits per heavy atom. The molecule has 5 atom stereocenters. The zero-order valence-corrected chi connectivity index (χ0v) is 16.8. The van der Waals surface area contributed by atoms with Crippen LogP contribution >= 0.6 is 31.9 Å². The maximum absolute atomic E-state index is 12.7. The molecule has 0 aromatic rings. The highest BCUT2D eigenvalue weighted by Crippen LogP contribution is 2.66. The number of carbonyl (C=O) groups is 2. The third kappa shape index (κ3) is 2.16. The molecule has 23 heavy (non-hydrogen) atoms. The lowest BCUT2D eigenvalue weighted by atomic mass is 9.47. The molecule has 0 aromatic carbocycles. The zero-order chi connectivity index (χ0) is 16.4. The first-order chi connectivity index (χ1) is 10.9. The van der Waals surface area contributed by atoms with Gasteiger partial charge in [0, 0.05) is 12.8 Å². The molecule has 0 aliphatic heterocycles. The van der Waals surface area contributed by atoms with E-state index >= 15 is 0 Å². The van der Waals surface area contributed by atoms with Crippen molar-refractivity contribution in [2.75, 3.05) is 0 Å². The molecule has 0 radical (unpaired) electrons. The molecule has 4 aliphatic rings. The Hall–Kier alpha value is 0.0400. The lowest BCUT2D eigenvalue weighted by Crippen LogP contribution is -2.53. The molecule has 0 amide bonds. The van der Waals surface area contributed by atoms with Crippen LogP contribution in [0.25, 0.3) is 0 Å². The molecule has 0 unspecified atom stereocenters. The summed E-state index contributed by atoms with van der Waals surface area (Å²) in [6, 6.07) is 0. The summed E-state index contributed by atoms with van der Waals surface area (Å²) < 4.78 is 0.0983. The van der Waals surface area contributed by atoms with Gasteiger partial charge in [0.15, 0.2) is 5.78 Å². The van der Waals surface area contributed by atoms with Gasteiger partial charge in [0.2, 0.25) is 0 Å². The molecule has 0 heterocycles. The van der Waals surface area contributed by atoms with E-state index in [9.17, 15) is 9.59 Å². The minimum absolute atomic E-state index is 0.0983. The van der Waals surface area contributed by atoms with Gasteiger partial charge in [-0.15, -0.1) is 0 Å². The van der Waals surface area contributed by atoms with Gasteiger partial charge in [-0.05, 0) is 67.8 Å². The third-order valence-corrected chi connectivity index (χ3v) is 9.31. The van der Waals surface area contributed by atoms with Crippen LogP contribution in [0.2, 0.25) is 0 Å². The average Bonchev–Trinajstić information content (AvgIpc) is 2.86. The summed E-state index contributed by atoms with van der Waals surface area (Å²) in [6.45, 7) is 2.39. The van der Waals surface area contributed by atoms with Crippen molar-refractivity contribution >= 4 is 43.4 Å². The van der Waals surface area contributed by atoms with Gasteiger partial charge >= 0.3 is 0 Å². The molecule has 3 saturated carbocycles. The van der Waals surface area contributed by atoms with Crippen molar-refractivity contribution in [1.82, 2.24) is 0 Å². The summed E-state index contributed by atoms with van der Waals surface area (Å²) in [7, 11) is 0. The van der Waals surface area contributed by atoms with Crippen LogP contribution in [0.3, 0.4) is 0 Å². The predicted molar refractivity (Wildman–Crippen MR) is 97.7 cm³/mol. The molecular weight excluding hydrogens is 420 g/mol. The SMILES string of the molecule is C[C@]12CCC(=O)C=C1CC[C@@H]1[C@@H]2CC[C@]2(C(Br)Br)C(=O)CC[C@@H]12. The highest BCUT2D eigenvalue weighted by Gasteiger charge is 2.62. The minimum Gasteiger partial charge on any atom is -0.299 e. The molecular formula is C19H24Br2O2. The summed E-state index contributed by atoms with van der Waals surface area (Å²) in [6.07, 6.45) is 9.82. The van der Waals surface area contributed by atoms with Crippen LogP contribution in [0, 0.1) is 28.6 Å². The molecule has 0 aromatic heterocycles. The van der Waals surface area contributed by atoms with Crippen molar-refractivity contribution in [2.24, 2.45) is 28.6 Å². The molecule has 0 spiro atoms. The van der Waals surface area contributed by atoms with Gasteiger partial charge in [0.1, 0.15) is 5.78 Å². The lowest BCUT2D eigenvalue weighted by molar-refractivity contribution is -0.132. The van der Waals surface area contributed by atoms with Gasteiger partial charge < -0.3 is 0 Å². The van der Waals surface area contributed by atoms with Gasteiger partial charge in [-0.25, -0.2) is 0 Å². The van der Waals surface area contributed by atoms with E-state index in [1.807, 2.05) is 6.08 Å². The van der Waals surface area contributed by atoms with Crippen LogP contribution in [0.5, 0.6) is 0 Å². The van der Waals surface area contributed by atoms with Gasteiger partial charge in [-0.3, -0.25) is 9.59 Å². The molecule has 0 saturated heterocycles. The van der Waals surface area contributed by atoms with Crippen molar-refractivity contribution in [3.8, 4) is 0 Å². The van der Waals surface area contributed by atoms with Crippen LogP contribution < -0.4 is 0 Å². The van der Waals surface area contributed by atoms with Crippen molar-refractivity contribution in [1.29, 1.82) is 0 Å². The largest absolute Gasteiger partial charge is 0.299 e. The molecule has 3 fully saturated rings. The number of ketones is 2. The molecule has 4 heteroatoms. The normalized spacial score (nSPS) is 46.3. The molecule has 2 nitrogen and oxygen atoms in total. The molecule has 126 valence electrons. The minimum atomic E-state index is -0.191. The summed E-state index contributed by atoms with van der Waals surface area (Å²) in [4.78, 5) is 24.6. The first-order valence-electron chi connectivity index (χ1n) is 8.95. The second kappa shape index (κ2) is 5.52. The highest BCUT2D eigenvalue weighted by molar-refractivity contribution is 9.24. The Morgan fingerprint density at radius 2 is 1.83 bits per heavy atom. The number of carbonyl (C=O) groups excluding carboxylic acids is 2. The van der Waals surface area contributed by atoms with E-state index < -0.39 is 0 Å². The number of allylic oxidation sites excluding steroid dienone is 1. The van der Waals surface area contributed by atoms with Crippen molar-refractivity contribution in [3.05, 3.63) is 11.6 Å². The van der Waals surface area contributed by atoms with E-state index in [0.29, 0.717) is 35.7 Å². The maximum atomic E-state index is 12.7. The Kier molecular flexibility index (Phi) is 3.96. The van der Waals surface area contributed by atoms with Gasteiger partial charge in [0.05, 0.1) is 9.15 Å². The van der Waals surface area contributed by atoms with Gasteiger partial charge in [-0.1, -0.05) is 44.4 Å². The van der Waals surface area contributed by atoms with E-state index in [1.54, 1.807) is 0 Å². The van der Waals surface area contributed by atoms with E-state index in [-0.39, 0.29) is 14.6 Å². The quantitative estimate of drug-likeness (QED) is 0.523. The number of hydrogen-bond donors (Lipinski definition) is 0. The number of Topliss-reactive ketones (excluding diaryl/α,β-unsaturated/α-hetero) is 1. The third-order valence-electron chi connectivity index (χ3n) is 7.68.